The Hall–Kier alpha value is -0.550. The zero-order chi connectivity index (χ0) is 17.5. The zero-order valence-electron chi connectivity index (χ0n) is 14.6. The normalized spacial score (nSPS) is 16.4. The van der Waals surface area contributed by atoms with E-state index in [1.54, 1.807) is 19.3 Å². The van der Waals surface area contributed by atoms with Crippen molar-refractivity contribution in [2.45, 2.75) is 53.9 Å². The van der Waals surface area contributed by atoms with Crippen LogP contribution < -0.4 is 0 Å². The van der Waals surface area contributed by atoms with Crippen molar-refractivity contribution in [2.24, 2.45) is 5.41 Å². The van der Waals surface area contributed by atoms with E-state index in [0.29, 0.717) is 5.76 Å². The molecule has 7 heteroatoms. The summed E-state index contributed by atoms with van der Waals surface area (Å²) in [5.74, 6) is 0.412. The van der Waals surface area contributed by atoms with Gasteiger partial charge in [-0.3, -0.25) is 13.8 Å². The Bertz CT molecular complexity index is 509. The first-order chi connectivity index (χ1) is 10.7. The van der Waals surface area contributed by atoms with Crippen LogP contribution in [0.4, 0.5) is 0 Å². The molecule has 5 nitrogen and oxygen atoms in total. The Morgan fingerprint density at radius 1 is 1.30 bits per heavy atom. The molecule has 1 rings (SSSR count). The van der Waals surface area contributed by atoms with Crippen LogP contribution in [-0.4, -0.2) is 18.3 Å². The highest BCUT2D eigenvalue weighted by Crippen LogP contribution is 2.53. The average Bonchev–Trinajstić information content (AvgIpc) is 2.96. The van der Waals surface area contributed by atoms with Gasteiger partial charge in [-0.15, -0.1) is 0 Å². The second-order valence-electron chi connectivity index (χ2n) is 6.13. The molecule has 0 aromatic heterocycles. The van der Waals surface area contributed by atoms with Crippen LogP contribution in [-0.2, 0) is 22.9 Å². The largest absolute Gasteiger partial charge is 0.530 e. The Morgan fingerprint density at radius 2 is 1.91 bits per heavy atom. The third kappa shape index (κ3) is 6.84. The lowest BCUT2D eigenvalue weighted by atomic mass is 10.00. The monoisotopic (exact) mass is 362 g/mol. The van der Waals surface area contributed by atoms with E-state index in [0.717, 1.165) is 36.6 Å². The van der Waals surface area contributed by atoms with Crippen LogP contribution in [0.2, 0.25) is 0 Å². The van der Waals surface area contributed by atoms with Crippen LogP contribution in [0.5, 0.6) is 0 Å². The van der Waals surface area contributed by atoms with E-state index in [4.69, 9.17) is 13.6 Å². The molecule has 0 aliphatic heterocycles. The summed E-state index contributed by atoms with van der Waals surface area (Å²) < 4.78 is 28.6. The van der Waals surface area contributed by atoms with Crippen LogP contribution >= 0.6 is 19.6 Å². The highest BCUT2D eigenvalue weighted by Gasteiger charge is 2.30. The van der Waals surface area contributed by atoms with E-state index in [1.807, 2.05) is 26.8 Å². The summed E-state index contributed by atoms with van der Waals surface area (Å²) in [4.78, 5) is 12.1. The predicted octanol–water partition coefficient (Wildman–Crippen LogP) is 5.44. The standard InChI is InChI=1S/C16H27O5PS/c1-6-19-22(18,20-7-2)21-14(13-10-8-9-11-13)12-23-15(17)16(3,4)5/h10,12H,6-9,11H2,1-5H3/b14-12-. The fourth-order valence-electron chi connectivity index (χ4n) is 1.86. The van der Waals surface area contributed by atoms with Gasteiger partial charge in [0.25, 0.3) is 0 Å². The van der Waals surface area contributed by atoms with Crippen molar-refractivity contribution in [1.29, 1.82) is 0 Å². The molecule has 0 heterocycles. The quantitative estimate of drug-likeness (QED) is 0.423. The van der Waals surface area contributed by atoms with E-state index in [1.165, 1.54) is 0 Å². The van der Waals surface area contributed by atoms with E-state index in [9.17, 15) is 9.36 Å². The maximum absolute atomic E-state index is 12.6. The van der Waals surface area contributed by atoms with Gasteiger partial charge < -0.3 is 4.52 Å². The van der Waals surface area contributed by atoms with Crippen molar-refractivity contribution in [2.75, 3.05) is 13.2 Å². The van der Waals surface area contributed by atoms with Crippen LogP contribution in [0, 0.1) is 5.41 Å². The molecule has 0 saturated heterocycles. The van der Waals surface area contributed by atoms with Crippen molar-refractivity contribution in [1.82, 2.24) is 0 Å². The predicted molar refractivity (Wildman–Crippen MR) is 94.0 cm³/mol. The number of carbonyl (C=O) groups excluding carboxylic acids is 1. The maximum Gasteiger partial charge on any atom is 0.530 e. The van der Waals surface area contributed by atoms with Crippen molar-refractivity contribution in [3.05, 3.63) is 22.8 Å². The molecule has 0 aromatic carbocycles. The first-order valence-corrected chi connectivity index (χ1v) is 10.2. The molecule has 1 aliphatic rings. The molecule has 0 bridgehead atoms. The molecule has 0 saturated carbocycles. The molecule has 0 aromatic rings. The Morgan fingerprint density at radius 3 is 2.35 bits per heavy atom. The second-order valence-corrected chi connectivity index (χ2v) is 8.57. The lowest BCUT2D eigenvalue weighted by molar-refractivity contribution is -0.117. The summed E-state index contributed by atoms with van der Waals surface area (Å²) in [7, 11) is -3.66. The van der Waals surface area contributed by atoms with Crippen molar-refractivity contribution < 1.29 is 22.9 Å². The smallest absolute Gasteiger partial charge is 0.403 e. The molecule has 1 aliphatic carbocycles. The number of hydrogen-bond donors (Lipinski definition) is 0. The minimum atomic E-state index is -3.66. The van der Waals surface area contributed by atoms with Gasteiger partial charge in [-0.1, -0.05) is 38.6 Å². The number of allylic oxidation sites excluding steroid dienone is 2. The van der Waals surface area contributed by atoms with Crippen LogP contribution in [0.3, 0.4) is 0 Å². The fourth-order valence-corrected chi connectivity index (χ4v) is 3.92. The van der Waals surface area contributed by atoms with Crippen LogP contribution in [0.15, 0.2) is 22.8 Å². The molecular formula is C16H27O5PS. The topological polar surface area (TPSA) is 61.8 Å². The maximum atomic E-state index is 12.6. The van der Waals surface area contributed by atoms with Crippen LogP contribution in [0.25, 0.3) is 0 Å². The number of carbonyl (C=O) groups is 1. The van der Waals surface area contributed by atoms with Crippen LogP contribution in [0.1, 0.15) is 53.9 Å². The van der Waals surface area contributed by atoms with Gasteiger partial charge in [0.1, 0.15) is 5.76 Å². The summed E-state index contributed by atoms with van der Waals surface area (Å²) in [5, 5.41) is 1.63. The number of phosphoric ester groups is 1. The van der Waals surface area contributed by atoms with Gasteiger partial charge in [0.15, 0.2) is 5.12 Å². The Balaban J connectivity index is 2.97. The SMILES string of the molecule is CCOP(=O)(OCC)O/C(=C\SC(=O)C(C)(C)C)C1=CCCC1. The first kappa shape index (κ1) is 20.5. The summed E-state index contributed by atoms with van der Waals surface area (Å²) in [6.07, 6.45) is 4.83. The average molecular weight is 362 g/mol. The highest BCUT2D eigenvalue weighted by molar-refractivity contribution is 8.16. The molecule has 0 radical (unpaired) electrons. The molecule has 0 unspecified atom stereocenters. The second kappa shape index (κ2) is 9.07. The van der Waals surface area contributed by atoms with Gasteiger partial charge in [-0.25, -0.2) is 4.57 Å². The fraction of sp³-hybridized carbons (Fsp3) is 0.688. The lowest BCUT2D eigenvalue weighted by Gasteiger charge is -2.20. The molecule has 0 amide bonds. The minimum Gasteiger partial charge on any atom is -0.403 e. The zero-order valence-corrected chi connectivity index (χ0v) is 16.3. The van der Waals surface area contributed by atoms with E-state index < -0.39 is 13.2 Å². The third-order valence-electron chi connectivity index (χ3n) is 3.03. The van der Waals surface area contributed by atoms with Gasteiger partial charge in [0.05, 0.1) is 13.2 Å². The van der Waals surface area contributed by atoms with Gasteiger partial charge >= 0.3 is 7.82 Å². The van der Waals surface area contributed by atoms with E-state index >= 15 is 0 Å². The number of rotatable bonds is 8. The molecule has 0 spiro atoms. The summed E-state index contributed by atoms with van der Waals surface area (Å²) in [6.45, 7) is 9.47. The Kier molecular flexibility index (Phi) is 8.08. The number of phosphoric acid groups is 1. The van der Waals surface area contributed by atoms with Gasteiger partial charge in [0.2, 0.25) is 0 Å². The molecule has 0 atom stereocenters. The van der Waals surface area contributed by atoms with E-state index in [-0.39, 0.29) is 18.3 Å². The Labute approximate surface area is 143 Å². The molecule has 132 valence electrons. The van der Waals surface area contributed by atoms with Gasteiger partial charge in [0, 0.05) is 10.8 Å². The van der Waals surface area contributed by atoms with Crippen molar-refractivity contribution in [3.63, 3.8) is 0 Å². The number of hydrogen-bond acceptors (Lipinski definition) is 6. The minimum absolute atomic E-state index is 0.0137. The first-order valence-electron chi connectivity index (χ1n) is 7.91. The summed E-state index contributed by atoms with van der Waals surface area (Å²) in [6, 6.07) is 0. The third-order valence-corrected chi connectivity index (χ3v) is 5.75. The van der Waals surface area contributed by atoms with Gasteiger partial charge in [-0.05, 0) is 38.7 Å². The number of thioether (sulfide) groups is 1. The molecule has 23 heavy (non-hydrogen) atoms. The molecular weight excluding hydrogens is 335 g/mol. The van der Waals surface area contributed by atoms with E-state index in [2.05, 4.69) is 0 Å². The summed E-state index contributed by atoms with van der Waals surface area (Å²) >= 11 is 1.06. The molecule has 0 fully saturated rings. The lowest BCUT2D eigenvalue weighted by Crippen LogP contribution is -2.15. The summed E-state index contributed by atoms with van der Waals surface area (Å²) in [5.41, 5.74) is 0.485. The van der Waals surface area contributed by atoms with Gasteiger partial charge in [-0.2, -0.15) is 0 Å². The van der Waals surface area contributed by atoms with Crippen molar-refractivity contribution >= 4 is 24.7 Å². The molecule has 0 N–H and O–H groups in total. The highest BCUT2D eigenvalue weighted by atomic mass is 32.2. The van der Waals surface area contributed by atoms with Crippen molar-refractivity contribution in [3.8, 4) is 0 Å².